The first kappa shape index (κ1) is 10.8. The monoisotopic (exact) mass is 220 g/mol. The second-order valence-corrected chi connectivity index (χ2v) is 6.98. The van der Waals surface area contributed by atoms with Gasteiger partial charge in [0.05, 0.1) is 6.61 Å². The van der Waals surface area contributed by atoms with Crippen molar-refractivity contribution in [3.63, 3.8) is 0 Å². The zero-order valence-corrected chi connectivity index (χ0v) is 10.8. The van der Waals surface area contributed by atoms with E-state index in [-0.39, 0.29) is 6.61 Å². The Morgan fingerprint density at radius 3 is 2.81 bits per heavy atom. The maximum Gasteiger partial charge on any atom is 0.0644 e. The highest BCUT2D eigenvalue weighted by atomic mass is 16.3. The van der Waals surface area contributed by atoms with E-state index in [1.54, 1.807) is 0 Å². The molecule has 0 aliphatic heterocycles. The maximum absolute atomic E-state index is 9.50. The Hall–Kier alpha value is -0.300. The lowest BCUT2D eigenvalue weighted by atomic mass is 9.68. The normalized spacial score (nSPS) is 49.0. The second-order valence-electron chi connectivity index (χ2n) is 6.98. The molecule has 90 valence electrons. The van der Waals surface area contributed by atoms with Crippen LogP contribution in [0.15, 0.2) is 11.6 Å². The molecule has 0 heterocycles. The summed E-state index contributed by atoms with van der Waals surface area (Å²) in [5.74, 6) is 2.43. The zero-order valence-electron chi connectivity index (χ0n) is 10.8. The molecule has 0 saturated heterocycles. The maximum atomic E-state index is 9.50. The van der Waals surface area contributed by atoms with Gasteiger partial charge in [-0.05, 0) is 59.8 Å². The van der Waals surface area contributed by atoms with Gasteiger partial charge in [-0.3, -0.25) is 0 Å². The van der Waals surface area contributed by atoms with E-state index in [9.17, 15) is 5.11 Å². The number of fused-ring (bicyclic) bond motifs is 1. The predicted octanol–water partition coefficient (Wildman–Crippen LogP) is 3.39. The van der Waals surface area contributed by atoms with Crippen LogP contribution in [-0.4, -0.2) is 11.7 Å². The minimum absolute atomic E-state index is 0.283. The van der Waals surface area contributed by atoms with E-state index in [4.69, 9.17) is 0 Å². The van der Waals surface area contributed by atoms with Crippen LogP contribution in [0.3, 0.4) is 0 Å². The fraction of sp³-hybridized carbons (Fsp3) is 0.867. The smallest absolute Gasteiger partial charge is 0.0644 e. The van der Waals surface area contributed by atoms with Crippen LogP contribution in [0.2, 0.25) is 0 Å². The van der Waals surface area contributed by atoms with E-state index in [1.807, 2.05) is 0 Å². The van der Waals surface area contributed by atoms with Crippen molar-refractivity contribution >= 4 is 0 Å². The van der Waals surface area contributed by atoms with E-state index in [1.165, 1.54) is 31.3 Å². The highest BCUT2D eigenvalue weighted by Gasteiger charge is 2.63. The molecule has 0 aromatic heterocycles. The summed E-state index contributed by atoms with van der Waals surface area (Å²) in [7, 11) is 0. The van der Waals surface area contributed by atoms with Crippen LogP contribution in [0.1, 0.15) is 46.5 Å². The Morgan fingerprint density at radius 1 is 1.38 bits per heavy atom. The molecule has 2 bridgehead atoms. The zero-order chi connectivity index (χ0) is 11.6. The molecule has 0 unspecified atom stereocenters. The van der Waals surface area contributed by atoms with E-state index < -0.39 is 0 Å². The third-order valence-corrected chi connectivity index (χ3v) is 6.32. The first-order valence-corrected chi connectivity index (χ1v) is 6.82. The summed E-state index contributed by atoms with van der Waals surface area (Å²) in [4.78, 5) is 0. The molecule has 3 aliphatic carbocycles. The summed E-state index contributed by atoms with van der Waals surface area (Å²) in [6.07, 6.45) is 7.78. The number of aliphatic hydroxyl groups excluding tert-OH is 1. The van der Waals surface area contributed by atoms with Crippen molar-refractivity contribution in [2.75, 3.05) is 6.61 Å². The summed E-state index contributed by atoms with van der Waals surface area (Å²) in [5.41, 5.74) is 2.33. The van der Waals surface area contributed by atoms with E-state index in [0.717, 1.165) is 11.8 Å². The second kappa shape index (κ2) is 3.13. The molecule has 1 nitrogen and oxygen atoms in total. The molecular weight excluding hydrogens is 196 g/mol. The van der Waals surface area contributed by atoms with Crippen LogP contribution in [-0.2, 0) is 0 Å². The van der Waals surface area contributed by atoms with E-state index in [0.29, 0.717) is 16.7 Å². The molecule has 2 saturated carbocycles. The lowest BCUT2D eigenvalue weighted by Crippen LogP contribution is -2.30. The first-order chi connectivity index (χ1) is 7.52. The predicted molar refractivity (Wildman–Crippen MR) is 66.0 cm³/mol. The Labute approximate surface area is 98.9 Å². The summed E-state index contributed by atoms with van der Waals surface area (Å²) in [6, 6.07) is 0. The van der Waals surface area contributed by atoms with Crippen molar-refractivity contribution in [2.45, 2.75) is 46.5 Å². The Kier molecular flexibility index (Phi) is 2.12. The van der Waals surface area contributed by atoms with Gasteiger partial charge in [0.1, 0.15) is 0 Å². The molecule has 16 heavy (non-hydrogen) atoms. The van der Waals surface area contributed by atoms with Crippen LogP contribution in [0.4, 0.5) is 0 Å². The van der Waals surface area contributed by atoms with Crippen molar-refractivity contribution < 1.29 is 5.11 Å². The van der Waals surface area contributed by atoms with Crippen LogP contribution < -0.4 is 0 Å². The molecule has 1 heteroatoms. The highest BCUT2D eigenvalue weighted by molar-refractivity contribution is 5.26. The molecular formula is C15H24O. The fourth-order valence-electron chi connectivity index (χ4n) is 5.35. The molecule has 1 N–H and O–H groups in total. The fourth-order valence-corrected chi connectivity index (χ4v) is 5.35. The average Bonchev–Trinajstić information content (AvgIpc) is 2.65. The van der Waals surface area contributed by atoms with Crippen LogP contribution in [0, 0.1) is 28.6 Å². The van der Waals surface area contributed by atoms with Gasteiger partial charge < -0.3 is 5.11 Å². The summed E-state index contributed by atoms with van der Waals surface area (Å²) in [6.45, 7) is 7.62. The number of rotatable bonds is 1. The number of aliphatic hydroxyl groups is 1. The summed E-state index contributed by atoms with van der Waals surface area (Å²) < 4.78 is 0. The van der Waals surface area contributed by atoms with E-state index in [2.05, 4.69) is 26.8 Å². The minimum Gasteiger partial charge on any atom is -0.392 e. The van der Waals surface area contributed by atoms with Gasteiger partial charge in [-0.15, -0.1) is 0 Å². The van der Waals surface area contributed by atoms with Crippen molar-refractivity contribution in [1.82, 2.24) is 0 Å². The number of hydrogen-bond acceptors (Lipinski definition) is 1. The van der Waals surface area contributed by atoms with Crippen molar-refractivity contribution in [3.8, 4) is 0 Å². The van der Waals surface area contributed by atoms with Crippen LogP contribution in [0.25, 0.3) is 0 Å². The molecule has 0 aromatic rings. The molecule has 0 amide bonds. The molecule has 3 rings (SSSR count). The lowest BCUT2D eigenvalue weighted by Gasteiger charge is -2.36. The van der Waals surface area contributed by atoms with Gasteiger partial charge in [0, 0.05) is 0 Å². The molecule has 1 spiro atoms. The molecule has 2 fully saturated rings. The van der Waals surface area contributed by atoms with Crippen LogP contribution in [0.5, 0.6) is 0 Å². The van der Waals surface area contributed by atoms with Gasteiger partial charge >= 0.3 is 0 Å². The summed E-state index contributed by atoms with van der Waals surface area (Å²) in [5, 5.41) is 9.50. The van der Waals surface area contributed by atoms with Crippen molar-refractivity contribution in [2.24, 2.45) is 28.6 Å². The van der Waals surface area contributed by atoms with Gasteiger partial charge in [-0.1, -0.05) is 26.8 Å². The Bertz CT molecular complexity index is 341. The molecule has 0 aromatic carbocycles. The molecule has 4 atom stereocenters. The third kappa shape index (κ3) is 1.06. The minimum atomic E-state index is 0.283. The standard InChI is InChI=1S/C15H24O/c1-10-4-5-13-14(2,3)12-8-15(10,13)7-6-11(12)9-16/h6,10,12-13,16H,4-5,7-9H2,1-3H3/t10-,12+,13-,15-/m1/s1. The van der Waals surface area contributed by atoms with Gasteiger partial charge in [0.2, 0.25) is 0 Å². The topological polar surface area (TPSA) is 20.2 Å². The Balaban J connectivity index is 2.07. The van der Waals surface area contributed by atoms with Gasteiger partial charge in [0.15, 0.2) is 0 Å². The Morgan fingerprint density at radius 2 is 2.12 bits per heavy atom. The van der Waals surface area contributed by atoms with E-state index >= 15 is 0 Å². The van der Waals surface area contributed by atoms with Crippen LogP contribution >= 0.6 is 0 Å². The molecule has 3 aliphatic rings. The lowest BCUT2D eigenvalue weighted by molar-refractivity contribution is 0.128. The van der Waals surface area contributed by atoms with Crippen molar-refractivity contribution in [3.05, 3.63) is 11.6 Å². The van der Waals surface area contributed by atoms with Gasteiger partial charge in [-0.25, -0.2) is 0 Å². The SMILES string of the molecule is C[C@@H]1CC[C@@H]2C(C)(C)[C@H]3C[C@]12CC=C3CO. The number of hydrogen-bond donors (Lipinski definition) is 1. The van der Waals surface area contributed by atoms with Gasteiger partial charge in [0.25, 0.3) is 0 Å². The third-order valence-electron chi connectivity index (χ3n) is 6.32. The average molecular weight is 220 g/mol. The van der Waals surface area contributed by atoms with Gasteiger partial charge in [-0.2, -0.15) is 0 Å². The first-order valence-electron chi connectivity index (χ1n) is 6.82. The van der Waals surface area contributed by atoms with Crippen molar-refractivity contribution in [1.29, 1.82) is 0 Å². The highest BCUT2D eigenvalue weighted by Crippen LogP contribution is 2.71. The largest absolute Gasteiger partial charge is 0.392 e. The molecule has 0 radical (unpaired) electrons. The quantitative estimate of drug-likeness (QED) is 0.672. The number of allylic oxidation sites excluding steroid dienone is 1. The summed E-state index contributed by atoms with van der Waals surface area (Å²) >= 11 is 0.